The zero-order valence-electron chi connectivity index (χ0n) is 20.0. The second kappa shape index (κ2) is 10.4. The molecule has 1 heterocycles. The fourth-order valence-corrected chi connectivity index (χ4v) is 7.65. The summed E-state index contributed by atoms with van der Waals surface area (Å²) in [6, 6.07) is 26.6. The van der Waals surface area contributed by atoms with Gasteiger partial charge in [0.2, 0.25) is 0 Å². The second-order valence-electron chi connectivity index (χ2n) is 9.77. The van der Waals surface area contributed by atoms with Gasteiger partial charge in [0.1, 0.15) is 5.75 Å². The minimum Gasteiger partial charge on any atom is -0.508 e. The van der Waals surface area contributed by atoms with Crippen molar-refractivity contribution in [2.24, 2.45) is 0 Å². The smallest absolute Gasteiger partial charge is 0.264 e. The van der Waals surface area contributed by atoms with Crippen LogP contribution in [0, 0.1) is 0 Å². The van der Waals surface area contributed by atoms with Crippen LogP contribution >= 0.6 is 0 Å². The zero-order chi connectivity index (χ0) is 24.3. The molecule has 0 spiro atoms. The van der Waals surface area contributed by atoms with Crippen molar-refractivity contribution in [3.05, 3.63) is 90.5 Å². The number of rotatable bonds is 6. The third-order valence-corrected chi connectivity index (χ3v) is 9.56. The van der Waals surface area contributed by atoms with Crippen LogP contribution in [0.25, 0.3) is 0 Å². The highest BCUT2D eigenvalue weighted by Crippen LogP contribution is 2.38. The van der Waals surface area contributed by atoms with Gasteiger partial charge in [-0.3, -0.25) is 9.21 Å². The maximum atomic E-state index is 13.8. The summed E-state index contributed by atoms with van der Waals surface area (Å²) in [5.41, 5.74) is 2.12. The SMILES string of the molecule is O=S(=O)(c1ccc(O)cc1)N(c1ccccc1)C1CCN(C2CCCCC2c2ccccc2)CC1. The van der Waals surface area contributed by atoms with Crippen molar-refractivity contribution in [3.8, 4) is 5.75 Å². The van der Waals surface area contributed by atoms with E-state index in [9.17, 15) is 13.5 Å². The Hall–Kier alpha value is -2.83. The van der Waals surface area contributed by atoms with Crippen LogP contribution in [0.5, 0.6) is 5.75 Å². The number of nitrogens with zero attached hydrogens (tertiary/aromatic N) is 2. The fraction of sp³-hybridized carbons (Fsp3) is 0.379. The van der Waals surface area contributed by atoms with Crippen LogP contribution in [0.4, 0.5) is 5.69 Å². The highest BCUT2D eigenvalue weighted by molar-refractivity contribution is 7.92. The van der Waals surface area contributed by atoms with Crippen molar-refractivity contribution in [1.29, 1.82) is 0 Å². The van der Waals surface area contributed by atoms with E-state index >= 15 is 0 Å². The molecule has 184 valence electrons. The van der Waals surface area contributed by atoms with Crippen molar-refractivity contribution in [1.82, 2.24) is 4.90 Å². The highest BCUT2D eigenvalue weighted by atomic mass is 32.2. The van der Waals surface area contributed by atoms with Crippen molar-refractivity contribution in [2.45, 2.75) is 61.4 Å². The van der Waals surface area contributed by atoms with Gasteiger partial charge in [0.05, 0.1) is 10.6 Å². The zero-order valence-corrected chi connectivity index (χ0v) is 20.9. The molecule has 2 unspecified atom stereocenters. The van der Waals surface area contributed by atoms with Crippen LogP contribution in [0.3, 0.4) is 0 Å². The second-order valence-corrected chi connectivity index (χ2v) is 11.6. The maximum absolute atomic E-state index is 13.8. The van der Waals surface area contributed by atoms with E-state index in [1.807, 2.05) is 30.3 Å². The monoisotopic (exact) mass is 490 g/mol. The number of hydrogen-bond donors (Lipinski definition) is 1. The quantitative estimate of drug-likeness (QED) is 0.476. The Bertz CT molecular complexity index is 1190. The molecule has 2 atom stereocenters. The minimum absolute atomic E-state index is 0.0592. The minimum atomic E-state index is -3.76. The Morgan fingerprint density at radius 1 is 0.743 bits per heavy atom. The summed E-state index contributed by atoms with van der Waals surface area (Å²) in [7, 11) is -3.76. The van der Waals surface area contributed by atoms with Gasteiger partial charge in [0, 0.05) is 25.2 Å². The third kappa shape index (κ3) is 5.09. The van der Waals surface area contributed by atoms with Gasteiger partial charge < -0.3 is 5.11 Å². The average Bonchev–Trinajstić information content (AvgIpc) is 2.90. The van der Waals surface area contributed by atoms with Crippen LogP contribution < -0.4 is 4.31 Å². The molecule has 1 aliphatic heterocycles. The Morgan fingerprint density at radius 2 is 1.34 bits per heavy atom. The number of phenolic OH excluding ortho intramolecular Hbond substituents is 1. The van der Waals surface area contributed by atoms with E-state index in [4.69, 9.17) is 0 Å². The number of para-hydroxylation sites is 1. The van der Waals surface area contributed by atoms with Crippen molar-refractivity contribution >= 4 is 15.7 Å². The Labute approximate surface area is 209 Å². The Balaban J connectivity index is 1.37. The first-order valence-corrected chi connectivity index (χ1v) is 14.2. The average molecular weight is 491 g/mol. The van der Waals surface area contributed by atoms with Crippen LogP contribution in [0.2, 0.25) is 0 Å². The molecule has 3 aromatic carbocycles. The molecule has 6 heteroatoms. The van der Waals surface area contributed by atoms with E-state index in [-0.39, 0.29) is 16.7 Å². The van der Waals surface area contributed by atoms with Gasteiger partial charge in [0.25, 0.3) is 10.0 Å². The number of likely N-dealkylation sites (tertiary alicyclic amines) is 1. The number of sulfonamides is 1. The lowest BCUT2D eigenvalue weighted by atomic mass is 9.78. The number of piperidine rings is 1. The molecule has 5 nitrogen and oxygen atoms in total. The van der Waals surface area contributed by atoms with Gasteiger partial charge in [-0.1, -0.05) is 61.4 Å². The predicted molar refractivity (Wildman–Crippen MR) is 140 cm³/mol. The lowest BCUT2D eigenvalue weighted by molar-refractivity contribution is 0.107. The molecule has 3 aromatic rings. The summed E-state index contributed by atoms with van der Waals surface area (Å²) in [5.74, 6) is 0.608. The van der Waals surface area contributed by atoms with Crippen molar-refractivity contribution < 1.29 is 13.5 Å². The molecule has 1 N–H and O–H groups in total. The summed E-state index contributed by atoms with van der Waals surface area (Å²) in [6.45, 7) is 1.79. The predicted octanol–water partition coefficient (Wildman–Crippen LogP) is 5.78. The molecule has 0 bridgehead atoms. The summed E-state index contributed by atoms with van der Waals surface area (Å²) >= 11 is 0. The lowest BCUT2D eigenvalue weighted by Gasteiger charge is -2.45. The van der Waals surface area contributed by atoms with E-state index in [0.29, 0.717) is 17.6 Å². The summed E-state index contributed by atoms with van der Waals surface area (Å²) in [6.07, 6.45) is 6.56. The number of hydrogen-bond acceptors (Lipinski definition) is 4. The number of benzene rings is 3. The van der Waals surface area contributed by atoms with Gasteiger partial charge in [-0.25, -0.2) is 8.42 Å². The molecule has 1 aliphatic carbocycles. The van der Waals surface area contributed by atoms with Gasteiger partial charge in [0.15, 0.2) is 0 Å². The maximum Gasteiger partial charge on any atom is 0.264 e. The van der Waals surface area contributed by atoms with Gasteiger partial charge >= 0.3 is 0 Å². The van der Waals surface area contributed by atoms with E-state index in [1.165, 1.54) is 55.5 Å². The molecule has 5 rings (SSSR count). The largest absolute Gasteiger partial charge is 0.508 e. The van der Waals surface area contributed by atoms with E-state index < -0.39 is 10.0 Å². The van der Waals surface area contributed by atoms with E-state index in [0.717, 1.165) is 25.9 Å². The fourth-order valence-electron chi connectivity index (χ4n) is 5.94. The molecular weight excluding hydrogens is 456 g/mol. The van der Waals surface area contributed by atoms with Gasteiger partial charge in [-0.05, 0) is 73.6 Å². The topological polar surface area (TPSA) is 60.9 Å². The van der Waals surface area contributed by atoms with E-state index in [2.05, 4.69) is 35.2 Å². The van der Waals surface area contributed by atoms with Crippen molar-refractivity contribution in [3.63, 3.8) is 0 Å². The Morgan fingerprint density at radius 3 is 2.00 bits per heavy atom. The Kier molecular flexibility index (Phi) is 7.12. The summed E-state index contributed by atoms with van der Waals surface area (Å²) in [4.78, 5) is 2.82. The van der Waals surface area contributed by atoms with Crippen LogP contribution in [-0.4, -0.2) is 43.6 Å². The first kappa shape index (κ1) is 23.9. The normalized spacial score (nSPS) is 22.1. The molecule has 2 aliphatic rings. The molecule has 1 saturated heterocycles. The highest BCUT2D eigenvalue weighted by Gasteiger charge is 2.38. The number of aromatic hydroxyl groups is 1. The molecule has 0 aromatic heterocycles. The molecule has 1 saturated carbocycles. The molecule has 2 fully saturated rings. The first-order valence-electron chi connectivity index (χ1n) is 12.7. The molecule has 0 radical (unpaired) electrons. The van der Waals surface area contributed by atoms with Crippen LogP contribution in [0.1, 0.15) is 50.0 Å². The number of phenols is 1. The third-order valence-electron chi connectivity index (χ3n) is 7.66. The van der Waals surface area contributed by atoms with Gasteiger partial charge in [-0.2, -0.15) is 0 Å². The van der Waals surface area contributed by atoms with Gasteiger partial charge in [-0.15, -0.1) is 0 Å². The van der Waals surface area contributed by atoms with Crippen molar-refractivity contribution in [2.75, 3.05) is 17.4 Å². The molecule has 0 amide bonds. The summed E-state index contributed by atoms with van der Waals surface area (Å²) in [5, 5.41) is 9.67. The molecular formula is C29H34N2O3S. The van der Waals surface area contributed by atoms with E-state index in [1.54, 1.807) is 4.31 Å². The first-order chi connectivity index (χ1) is 17.0. The van der Waals surface area contributed by atoms with Crippen LogP contribution in [-0.2, 0) is 10.0 Å². The lowest BCUT2D eigenvalue weighted by Crippen LogP contribution is -2.51. The van der Waals surface area contributed by atoms with Crippen LogP contribution in [0.15, 0.2) is 89.8 Å². The number of anilines is 1. The summed E-state index contributed by atoms with van der Waals surface area (Å²) < 4.78 is 29.2. The standard InChI is InChI=1S/C29H34N2O3S/c32-26-15-17-27(18-16-26)35(33,34)31(24-11-5-2-6-12-24)25-19-21-30(22-20-25)29-14-8-7-13-28(29)23-9-3-1-4-10-23/h1-6,9-12,15-18,25,28-29,32H,7-8,13-14,19-22H2. The molecule has 35 heavy (non-hydrogen) atoms.